The lowest BCUT2D eigenvalue weighted by Gasteiger charge is -2.41. The van der Waals surface area contributed by atoms with Gasteiger partial charge in [0.2, 0.25) is 10.0 Å². The van der Waals surface area contributed by atoms with E-state index in [1.165, 1.54) is 22.7 Å². The third-order valence-corrected chi connectivity index (χ3v) is 9.86. The highest BCUT2D eigenvalue weighted by atomic mass is 32.2. The van der Waals surface area contributed by atoms with E-state index in [1.54, 1.807) is 0 Å². The van der Waals surface area contributed by atoms with Crippen molar-refractivity contribution in [1.29, 1.82) is 0 Å². The van der Waals surface area contributed by atoms with Crippen LogP contribution in [0.25, 0.3) is 0 Å². The summed E-state index contributed by atoms with van der Waals surface area (Å²) in [5.74, 6) is 1.44. The summed E-state index contributed by atoms with van der Waals surface area (Å²) >= 11 is 0. The van der Waals surface area contributed by atoms with Crippen LogP contribution in [0, 0.1) is 17.6 Å². The third-order valence-electron chi connectivity index (χ3n) is 8.56. The van der Waals surface area contributed by atoms with Gasteiger partial charge in [-0.2, -0.15) is 0 Å². The number of sulfonamides is 1. The van der Waals surface area contributed by atoms with Gasteiger partial charge < -0.3 is 9.47 Å². The van der Waals surface area contributed by atoms with E-state index in [0.717, 1.165) is 56.5 Å². The summed E-state index contributed by atoms with van der Waals surface area (Å²) in [5.41, 5.74) is 0.681. The Labute approximate surface area is 226 Å². The maximum Gasteiger partial charge on any atom is 0.211 e. The largest absolute Gasteiger partial charge is 0.312 e. The Morgan fingerprint density at radius 2 is 1.55 bits per heavy atom. The molecule has 1 aromatic heterocycles. The number of hydrogen-bond donors (Lipinski definition) is 0. The molecule has 0 bridgehead atoms. The highest BCUT2D eigenvalue weighted by Gasteiger charge is 2.34. The predicted molar refractivity (Wildman–Crippen MR) is 146 cm³/mol. The minimum atomic E-state index is -3.24. The molecule has 2 aliphatic rings. The molecule has 2 atom stereocenters. The first-order valence-electron chi connectivity index (χ1n) is 14.1. The maximum atomic E-state index is 14.2. The van der Waals surface area contributed by atoms with Crippen LogP contribution in [0.4, 0.5) is 8.78 Å². The molecule has 10 heteroatoms. The summed E-state index contributed by atoms with van der Waals surface area (Å²) < 4.78 is 56.4. The molecule has 212 valence electrons. The van der Waals surface area contributed by atoms with Gasteiger partial charge >= 0.3 is 0 Å². The first-order valence-corrected chi connectivity index (χ1v) is 15.9. The molecule has 38 heavy (non-hydrogen) atoms. The molecule has 7 nitrogen and oxygen atoms in total. The first-order chi connectivity index (χ1) is 18.0. The Kier molecular flexibility index (Phi) is 9.25. The number of nitrogens with zero attached hydrogens (tertiary/aromatic N) is 5. The highest BCUT2D eigenvalue weighted by molar-refractivity contribution is 7.88. The normalized spacial score (nSPS) is 20.7. The molecule has 0 unspecified atom stereocenters. The van der Waals surface area contributed by atoms with Crippen LogP contribution in [0.3, 0.4) is 0 Å². The number of halogens is 2. The maximum absolute atomic E-state index is 14.2. The Morgan fingerprint density at radius 3 is 2.08 bits per heavy atom. The van der Waals surface area contributed by atoms with E-state index in [9.17, 15) is 17.2 Å². The number of piperidine rings is 2. The highest BCUT2D eigenvalue weighted by Crippen LogP contribution is 2.39. The van der Waals surface area contributed by atoms with Crippen LogP contribution in [0.5, 0.6) is 0 Å². The molecule has 0 spiro atoms. The molecule has 2 aromatic rings. The van der Waals surface area contributed by atoms with Gasteiger partial charge in [-0.05, 0) is 68.6 Å². The molecule has 3 heterocycles. The second-order valence-electron chi connectivity index (χ2n) is 11.5. The minimum absolute atomic E-state index is 0.0354. The summed E-state index contributed by atoms with van der Waals surface area (Å²) in [5, 5.41) is 8.91. The standard InChI is InChI=1S/C28H43F2N5O2S/c1-6-27-31-32-28(19(2)3)35(27)25-9-11-33(12-10-25)20(4)15-26(22-16-23(29)18-24(30)17-22)21-7-13-34(14-8-21)38(5,36)37/h16-21,25-26H,6-15H2,1-5H3/t20-,26+/m0/s1. The molecular formula is C28H43F2N5O2S. The van der Waals surface area contributed by atoms with Gasteiger partial charge in [-0.1, -0.05) is 20.8 Å². The van der Waals surface area contributed by atoms with Gasteiger partial charge in [-0.3, -0.25) is 0 Å². The van der Waals surface area contributed by atoms with Crippen LogP contribution in [-0.2, 0) is 16.4 Å². The van der Waals surface area contributed by atoms with Crippen LogP contribution in [0.1, 0.15) is 94.9 Å². The Balaban J connectivity index is 1.47. The van der Waals surface area contributed by atoms with Gasteiger partial charge in [-0.15, -0.1) is 10.2 Å². The summed E-state index contributed by atoms with van der Waals surface area (Å²) in [4.78, 5) is 2.50. The predicted octanol–water partition coefficient (Wildman–Crippen LogP) is 5.11. The quantitative estimate of drug-likeness (QED) is 0.433. The number of likely N-dealkylation sites (tertiary alicyclic amines) is 1. The zero-order valence-electron chi connectivity index (χ0n) is 23.4. The van der Waals surface area contributed by atoms with E-state index in [4.69, 9.17) is 0 Å². The summed E-state index contributed by atoms with van der Waals surface area (Å²) in [7, 11) is -3.24. The van der Waals surface area contributed by atoms with E-state index >= 15 is 0 Å². The number of aryl methyl sites for hydroxylation is 1. The van der Waals surface area contributed by atoms with Gasteiger partial charge in [0.15, 0.2) is 0 Å². The lowest BCUT2D eigenvalue weighted by molar-refractivity contribution is 0.120. The van der Waals surface area contributed by atoms with Gasteiger partial charge in [0, 0.05) is 56.7 Å². The fraction of sp³-hybridized carbons (Fsp3) is 0.714. The number of benzene rings is 1. The van der Waals surface area contributed by atoms with Crippen LogP contribution in [-0.4, -0.2) is 70.9 Å². The van der Waals surface area contributed by atoms with Crippen molar-refractivity contribution in [3.8, 4) is 0 Å². The van der Waals surface area contributed by atoms with Gasteiger partial charge in [0.1, 0.15) is 23.3 Å². The Bertz CT molecular complexity index is 1170. The van der Waals surface area contributed by atoms with Crippen molar-refractivity contribution < 1.29 is 17.2 Å². The van der Waals surface area contributed by atoms with E-state index < -0.39 is 21.7 Å². The average Bonchev–Trinajstić information content (AvgIpc) is 3.31. The number of rotatable bonds is 9. The smallest absolute Gasteiger partial charge is 0.211 e. The van der Waals surface area contributed by atoms with Crippen molar-refractivity contribution in [2.45, 2.75) is 90.1 Å². The molecule has 2 fully saturated rings. The van der Waals surface area contributed by atoms with Crippen molar-refractivity contribution in [3.63, 3.8) is 0 Å². The zero-order valence-corrected chi connectivity index (χ0v) is 24.2. The number of hydrogen-bond acceptors (Lipinski definition) is 5. The lowest BCUT2D eigenvalue weighted by Crippen LogP contribution is -2.43. The van der Waals surface area contributed by atoms with Crippen molar-refractivity contribution in [2.24, 2.45) is 5.92 Å². The van der Waals surface area contributed by atoms with Crippen LogP contribution >= 0.6 is 0 Å². The van der Waals surface area contributed by atoms with Crippen molar-refractivity contribution in [2.75, 3.05) is 32.4 Å². The number of aromatic nitrogens is 3. The lowest BCUT2D eigenvalue weighted by atomic mass is 9.76. The molecule has 4 rings (SSSR count). The Morgan fingerprint density at radius 1 is 0.947 bits per heavy atom. The monoisotopic (exact) mass is 551 g/mol. The molecular weight excluding hydrogens is 508 g/mol. The summed E-state index contributed by atoms with van der Waals surface area (Å²) in [6.07, 6.45) is 6.29. The van der Waals surface area contributed by atoms with E-state index in [0.29, 0.717) is 43.5 Å². The topological polar surface area (TPSA) is 71.3 Å². The molecule has 2 saturated heterocycles. The molecule has 1 aromatic carbocycles. The van der Waals surface area contributed by atoms with E-state index in [2.05, 4.69) is 47.4 Å². The van der Waals surface area contributed by atoms with Gasteiger partial charge in [0.25, 0.3) is 0 Å². The Hall–Kier alpha value is -1.91. The van der Waals surface area contributed by atoms with E-state index in [1.807, 2.05) is 0 Å². The molecule has 0 N–H and O–H groups in total. The SMILES string of the molecule is CCc1nnc(C(C)C)n1C1CCN([C@@H](C)C[C@@H](c2cc(F)cc(F)c2)C2CCN(S(C)(=O)=O)CC2)CC1. The zero-order chi connectivity index (χ0) is 27.6. The third kappa shape index (κ3) is 6.62. The fourth-order valence-electron chi connectivity index (χ4n) is 6.47. The van der Waals surface area contributed by atoms with Crippen molar-refractivity contribution in [1.82, 2.24) is 24.0 Å². The minimum Gasteiger partial charge on any atom is -0.312 e. The summed E-state index contributed by atoms with van der Waals surface area (Å²) in [6.45, 7) is 11.5. The second kappa shape index (κ2) is 12.1. The molecule has 0 radical (unpaired) electrons. The van der Waals surface area contributed by atoms with Crippen molar-refractivity contribution in [3.05, 3.63) is 47.0 Å². The van der Waals surface area contributed by atoms with Crippen LogP contribution in [0.15, 0.2) is 18.2 Å². The summed E-state index contributed by atoms with van der Waals surface area (Å²) in [6, 6.07) is 4.45. The van der Waals surface area contributed by atoms with Gasteiger partial charge in [-0.25, -0.2) is 21.5 Å². The molecule has 2 aliphatic heterocycles. The molecule has 0 saturated carbocycles. The first kappa shape index (κ1) is 29.1. The van der Waals surface area contributed by atoms with E-state index in [-0.39, 0.29) is 17.9 Å². The molecule has 0 aliphatic carbocycles. The van der Waals surface area contributed by atoms with Crippen LogP contribution in [0.2, 0.25) is 0 Å². The second-order valence-corrected chi connectivity index (χ2v) is 13.5. The molecule has 0 amide bonds. The van der Waals surface area contributed by atoms with Gasteiger partial charge in [0.05, 0.1) is 6.26 Å². The van der Waals surface area contributed by atoms with Crippen LogP contribution < -0.4 is 0 Å². The van der Waals surface area contributed by atoms with Crippen molar-refractivity contribution >= 4 is 10.0 Å². The average molecular weight is 552 g/mol. The fourth-order valence-corrected chi connectivity index (χ4v) is 7.35.